The van der Waals surface area contributed by atoms with Crippen molar-refractivity contribution in [2.75, 3.05) is 5.32 Å². The second-order valence-electron chi connectivity index (χ2n) is 5.84. The van der Waals surface area contributed by atoms with Crippen molar-refractivity contribution in [3.05, 3.63) is 59.1 Å². The Morgan fingerprint density at radius 3 is 2.37 bits per heavy atom. The largest absolute Gasteiger partial charge is 0.332 e. The lowest BCUT2D eigenvalue weighted by Crippen LogP contribution is -2.34. The van der Waals surface area contributed by atoms with E-state index < -0.39 is 15.9 Å². The summed E-state index contributed by atoms with van der Waals surface area (Å²) in [5.41, 5.74) is 0.850. The molecule has 0 aromatic heterocycles. The number of hydrogen-bond acceptors (Lipinski definition) is 4. The molecule has 0 heterocycles. The zero-order valence-electron chi connectivity index (χ0n) is 14.8. The minimum Gasteiger partial charge on any atom is -0.332 e. The van der Waals surface area contributed by atoms with Gasteiger partial charge in [-0.3, -0.25) is 10.1 Å². The molecule has 6 nitrogen and oxygen atoms in total. The van der Waals surface area contributed by atoms with Gasteiger partial charge in [-0.15, -0.1) is 0 Å². The number of thiocarbonyl (C=S) groups is 1. The van der Waals surface area contributed by atoms with E-state index in [9.17, 15) is 13.2 Å². The van der Waals surface area contributed by atoms with Gasteiger partial charge in [-0.2, -0.15) is 0 Å². The lowest BCUT2D eigenvalue weighted by atomic mass is 10.2. The Balaban J connectivity index is 2.01. The first-order valence-electron chi connectivity index (χ1n) is 8.22. The lowest BCUT2D eigenvalue weighted by molar-refractivity contribution is 0.0978. The smallest absolute Gasteiger partial charge is 0.258 e. The van der Waals surface area contributed by atoms with Crippen molar-refractivity contribution in [1.82, 2.24) is 10.0 Å². The lowest BCUT2D eigenvalue weighted by Gasteiger charge is -2.13. The molecular formula is C18H20ClN3O3S2. The van der Waals surface area contributed by atoms with Gasteiger partial charge in [0.05, 0.1) is 15.5 Å². The van der Waals surface area contributed by atoms with E-state index in [-0.39, 0.29) is 16.0 Å². The number of anilines is 1. The van der Waals surface area contributed by atoms with E-state index in [0.717, 1.165) is 0 Å². The van der Waals surface area contributed by atoms with Crippen LogP contribution in [0.15, 0.2) is 53.4 Å². The summed E-state index contributed by atoms with van der Waals surface area (Å²) in [4.78, 5) is 12.3. The maximum atomic E-state index is 12.2. The first kappa shape index (κ1) is 21.3. The molecule has 2 aromatic rings. The number of nitrogens with one attached hydrogen (secondary N) is 3. The predicted molar refractivity (Wildman–Crippen MR) is 112 cm³/mol. The third-order valence-electron chi connectivity index (χ3n) is 3.74. The summed E-state index contributed by atoms with van der Waals surface area (Å²) in [7, 11) is -3.57. The second-order valence-corrected chi connectivity index (χ2v) is 8.37. The summed E-state index contributed by atoms with van der Waals surface area (Å²) in [6.07, 6.45) is 0.693. The molecule has 144 valence electrons. The maximum absolute atomic E-state index is 12.2. The van der Waals surface area contributed by atoms with Gasteiger partial charge in [-0.1, -0.05) is 30.7 Å². The van der Waals surface area contributed by atoms with Crippen molar-refractivity contribution < 1.29 is 13.2 Å². The summed E-state index contributed by atoms with van der Waals surface area (Å²) < 4.78 is 27.1. The summed E-state index contributed by atoms with van der Waals surface area (Å²) in [6.45, 7) is 3.70. The maximum Gasteiger partial charge on any atom is 0.258 e. The van der Waals surface area contributed by atoms with Crippen molar-refractivity contribution in [1.29, 1.82) is 0 Å². The Labute approximate surface area is 169 Å². The third kappa shape index (κ3) is 6.00. The fourth-order valence-electron chi connectivity index (χ4n) is 2.11. The zero-order chi connectivity index (χ0) is 20.0. The van der Waals surface area contributed by atoms with Crippen LogP contribution in [-0.2, 0) is 10.0 Å². The van der Waals surface area contributed by atoms with Crippen LogP contribution >= 0.6 is 23.8 Å². The van der Waals surface area contributed by atoms with Crippen molar-refractivity contribution in [3.63, 3.8) is 0 Å². The van der Waals surface area contributed by atoms with Crippen molar-refractivity contribution in [3.8, 4) is 0 Å². The molecule has 0 radical (unpaired) electrons. The highest BCUT2D eigenvalue weighted by molar-refractivity contribution is 7.89. The fourth-order valence-corrected chi connectivity index (χ4v) is 3.87. The molecule has 1 amide bonds. The number of hydrogen-bond donors (Lipinski definition) is 3. The molecule has 9 heteroatoms. The van der Waals surface area contributed by atoms with Gasteiger partial charge in [0.2, 0.25) is 10.0 Å². The predicted octanol–water partition coefficient (Wildman–Crippen LogP) is 3.54. The molecular weight excluding hydrogens is 406 g/mol. The Hall–Kier alpha value is -2.00. The van der Waals surface area contributed by atoms with Crippen molar-refractivity contribution in [2.45, 2.75) is 31.2 Å². The van der Waals surface area contributed by atoms with Crippen LogP contribution < -0.4 is 15.4 Å². The molecule has 1 unspecified atom stereocenters. The summed E-state index contributed by atoms with van der Waals surface area (Å²) >= 11 is 11.1. The van der Waals surface area contributed by atoms with E-state index in [4.69, 9.17) is 23.8 Å². The number of benzene rings is 2. The molecule has 0 aliphatic rings. The van der Waals surface area contributed by atoms with Gasteiger partial charge < -0.3 is 5.32 Å². The van der Waals surface area contributed by atoms with Crippen molar-refractivity contribution >= 4 is 50.5 Å². The molecule has 27 heavy (non-hydrogen) atoms. The van der Waals surface area contributed by atoms with Gasteiger partial charge in [0.25, 0.3) is 5.91 Å². The highest BCUT2D eigenvalue weighted by Gasteiger charge is 2.16. The molecule has 0 fully saturated rings. The summed E-state index contributed by atoms with van der Waals surface area (Å²) in [6, 6.07) is 12.5. The van der Waals surface area contributed by atoms with Gasteiger partial charge in [-0.05, 0) is 62.0 Å². The van der Waals surface area contributed by atoms with Crippen LogP contribution in [0, 0.1) is 0 Å². The molecule has 0 spiro atoms. The minimum atomic E-state index is -3.57. The monoisotopic (exact) mass is 425 g/mol. The topological polar surface area (TPSA) is 87.3 Å². The van der Waals surface area contributed by atoms with Gasteiger partial charge in [0.15, 0.2) is 5.11 Å². The van der Waals surface area contributed by atoms with E-state index in [0.29, 0.717) is 22.7 Å². The van der Waals surface area contributed by atoms with Crippen LogP contribution in [0.5, 0.6) is 0 Å². The van der Waals surface area contributed by atoms with Gasteiger partial charge in [0.1, 0.15) is 0 Å². The highest BCUT2D eigenvalue weighted by atomic mass is 35.5. The quantitative estimate of drug-likeness (QED) is 0.616. The van der Waals surface area contributed by atoms with Crippen LogP contribution in [-0.4, -0.2) is 25.5 Å². The Morgan fingerprint density at radius 1 is 1.15 bits per heavy atom. The average Bonchev–Trinajstić information content (AvgIpc) is 2.61. The number of carbonyl (C=O) groups excluding carboxylic acids is 1. The van der Waals surface area contributed by atoms with E-state index in [1.807, 2.05) is 6.92 Å². The highest BCUT2D eigenvalue weighted by Crippen LogP contribution is 2.16. The first-order chi connectivity index (χ1) is 12.7. The first-order valence-corrected chi connectivity index (χ1v) is 10.5. The third-order valence-corrected chi connectivity index (χ3v) is 5.88. The molecule has 2 rings (SSSR count). The normalized spacial score (nSPS) is 12.3. The molecule has 0 saturated heterocycles. The second kappa shape index (κ2) is 9.27. The Kier molecular flexibility index (Phi) is 7.32. The van der Waals surface area contributed by atoms with Crippen LogP contribution in [0.2, 0.25) is 5.02 Å². The Morgan fingerprint density at radius 2 is 1.78 bits per heavy atom. The standard InChI is InChI=1S/C18H20ClN3O3S2/c1-3-12(2)22-27(24,25)14-10-8-13(9-11-14)20-18(26)21-17(23)15-6-4-5-7-16(15)19/h4-12,22H,3H2,1-2H3,(H2,20,21,23,26). The zero-order valence-corrected chi connectivity index (χ0v) is 17.2. The van der Waals surface area contributed by atoms with Gasteiger partial charge in [-0.25, -0.2) is 13.1 Å². The van der Waals surface area contributed by atoms with Crippen LogP contribution in [0.1, 0.15) is 30.6 Å². The molecule has 0 bridgehead atoms. The fraction of sp³-hybridized carbons (Fsp3) is 0.222. The average molecular weight is 426 g/mol. The number of rotatable bonds is 6. The number of halogens is 1. The van der Waals surface area contributed by atoms with Gasteiger partial charge >= 0.3 is 0 Å². The van der Waals surface area contributed by atoms with Crippen LogP contribution in [0.4, 0.5) is 5.69 Å². The van der Waals surface area contributed by atoms with Crippen LogP contribution in [0.25, 0.3) is 0 Å². The molecule has 0 aliphatic heterocycles. The van der Waals surface area contributed by atoms with E-state index in [1.165, 1.54) is 12.1 Å². The molecule has 0 aliphatic carbocycles. The van der Waals surface area contributed by atoms with E-state index in [1.54, 1.807) is 43.3 Å². The minimum absolute atomic E-state index is 0.0771. The molecule has 1 atom stereocenters. The van der Waals surface area contributed by atoms with Gasteiger partial charge in [0, 0.05) is 11.7 Å². The molecule has 0 saturated carbocycles. The molecule has 3 N–H and O–H groups in total. The summed E-state index contributed by atoms with van der Waals surface area (Å²) in [5, 5.41) is 5.76. The summed E-state index contributed by atoms with van der Waals surface area (Å²) in [5.74, 6) is -0.435. The van der Waals surface area contributed by atoms with E-state index >= 15 is 0 Å². The number of carbonyl (C=O) groups is 1. The Bertz CT molecular complexity index is 931. The SMILES string of the molecule is CCC(C)NS(=O)(=O)c1ccc(NC(=S)NC(=O)c2ccccc2Cl)cc1. The van der Waals surface area contributed by atoms with Crippen LogP contribution in [0.3, 0.4) is 0 Å². The van der Waals surface area contributed by atoms with E-state index in [2.05, 4.69) is 15.4 Å². The number of amides is 1. The molecule has 2 aromatic carbocycles. The number of sulfonamides is 1. The van der Waals surface area contributed by atoms with Crippen molar-refractivity contribution in [2.24, 2.45) is 0 Å².